The number of hydrogen-bond donors (Lipinski definition) is 0. The van der Waals surface area contributed by atoms with Crippen molar-refractivity contribution < 1.29 is 0 Å². The van der Waals surface area contributed by atoms with Crippen molar-refractivity contribution in [3.05, 3.63) is 40.8 Å². The Balaban J connectivity index is 2.60. The molecule has 0 N–H and O–H groups in total. The molecule has 0 spiro atoms. The summed E-state index contributed by atoms with van der Waals surface area (Å²) >= 11 is 0. The highest BCUT2D eigenvalue weighted by Crippen LogP contribution is 2.12. The Hall–Kier alpha value is -2.15. The van der Waals surface area contributed by atoms with Crippen LogP contribution in [0.5, 0.6) is 0 Å². The van der Waals surface area contributed by atoms with Crippen LogP contribution in [-0.4, -0.2) is 14.8 Å². The summed E-state index contributed by atoms with van der Waals surface area (Å²) in [6.07, 6.45) is 0. The second kappa shape index (κ2) is 3.78. The third kappa shape index (κ3) is 1.80. The Morgan fingerprint density at radius 2 is 1.88 bits per heavy atom. The van der Waals surface area contributed by atoms with Crippen molar-refractivity contribution in [2.24, 2.45) is 0 Å². The van der Waals surface area contributed by atoms with E-state index in [1.165, 1.54) is 0 Å². The maximum absolute atomic E-state index is 8.90. The largest absolute Gasteiger partial charge is 0.234 e. The number of pyridine rings is 1. The van der Waals surface area contributed by atoms with E-state index >= 15 is 0 Å². The number of rotatable bonds is 1. The van der Waals surface area contributed by atoms with Crippen LogP contribution in [0.25, 0.3) is 5.82 Å². The molecule has 0 saturated heterocycles. The quantitative estimate of drug-likeness (QED) is 0.727. The Morgan fingerprint density at radius 1 is 1.12 bits per heavy atom. The van der Waals surface area contributed by atoms with Crippen LogP contribution in [0.1, 0.15) is 22.6 Å². The summed E-state index contributed by atoms with van der Waals surface area (Å²) < 4.78 is 1.75. The maximum Gasteiger partial charge on any atom is 0.155 e. The van der Waals surface area contributed by atoms with Crippen molar-refractivity contribution in [3.8, 4) is 11.9 Å². The summed E-state index contributed by atoms with van der Waals surface area (Å²) in [5, 5.41) is 13.2. The van der Waals surface area contributed by atoms with Gasteiger partial charge in [0.25, 0.3) is 0 Å². The highest BCUT2D eigenvalue weighted by molar-refractivity contribution is 5.38. The minimum Gasteiger partial charge on any atom is -0.234 e. The van der Waals surface area contributed by atoms with Gasteiger partial charge in [0.15, 0.2) is 5.82 Å². The van der Waals surface area contributed by atoms with E-state index in [1.807, 2.05) is 26.8 Å². The second-order valence-corrected chi connectivity index (χ2v) is 3.81. The molecule has 0 saturated carbocycles. The molecular weight excluding hydrogens is 200 g/mol. The van der Waals surface area contributed by atoms with Crippen molar-refractivity contribution in [1.29, 1.82) is 5.26 Å². The van der Waals surface area contributed by atoms with Gasteiger partial charge in [0, 0.05) is 17.5 Å². The van der Waals surface area contributed by atoms with E-state index in [1.54, 1.807) is 16.8 Å². The van der Waals surface area contributed by atoms with Gasteiger partial charge >= 0.3 is 0 Å². The minimum absolute atomic E-state index is 0.607. The Labute approximate surface area is 94.2 Å². The van der Waals surface area contributed by atoms with Gasteiger partial charge in [0.2, 0.25) is 0 Å². The van der Waals surface area contributed by atoms with Crippen molar-refractivity contribution in [1.82, 2.24) is 14.8 Å². The van der Waals surface area contributed by atoms with Crippen LogP contribution < -0.4 is 0 Å². The van der Waals surface area contributed by atoms with Gasteiger partial charge in [-0.05, 0) is 32.9 Å². The number of hydrogen-bond acceptors (Lipinski definition) is 3. The number of nitrogens with zero attached hydrogens (tertiary/aromatic N) is 4. The van der Waals surface area contributed by atoms with Gasteiger partial charge in [-0.25, -0.2) is 9.67 Å². The molecule has 0 bridgehead atoms. The molecule has 4 heteroatoms. The highest BCUT2D eigenvalue weighted by atomic mass is 15.3. The van der Waals surface area contributed by atoms with Gasteiger partial charge in [0.05, 0.1) is 17.3 Å². The third-order valence-corrected chi connectivity index (χ3v) is 2.30. The van der Waals surface area contributed by atoms with Crippen LogP contribution >= 0.6 is 0 Å². The summed E-state index contributed by atoms with van der Waals surface area (Å²) in [6, 6.07) is 7.61. The number of aryl methyl sites for hydroxylation is 3. The predicted molar refractivity (Wildman–Crippen MR) is 60.3 cm³/mol. The smallest absolute Gasteiger partial charge is 0.155 e. The first-order chi connectivity index (χ1) is 7.60. The molecule has 0 aromatic carbocycles. The first-order valence-electron chi connectivity index (χ1n) is 5.02. The average Bonchev–Trinajstić information content (AvgIpc) is 2.57. The molecule has 2 aromatic heterocycles. The molecule has 0 atom stereocenters. The number of nitriles is 1. The molecule has 4 nitrogen and oxygen atoms in total. The van der Waals surface area contributed by atoms with E-state index < -0.39 is 0 Å². The third-order valence-electron chi connectivity index (χ3n) is 2.30. The lowest BCUT2D eigenvalue weighted by Crippen LogP contribution is -2.03. The molecule has 2 heterocycles. The zero-order valence-corrected chi connectivity index (χ0v) is 9.52. The average molecular weight is 212 g/mol. The standard InChI is InChI=1S/C12H12N4/c1-8-5-11(7-13)6-12(14-8)16-10(3)4-9(2)15-16/h4-6H,1-3H3. The molecule has 2 rings (SSSR count). The molecule has 2 aromatic rings. The Bertz CT molecular complexity index is 575. The molecule has 0 amide bonds. The Morgan fingerprint density at radius 3 is 2.44 bits per heavy atom. The van der Waals surface area contributed by atoms with E-state index in [-0.39, 0.29) is 0 Å². The summed E-state index contributed by atoms with van der Waals surface area (Å²) in [7, 11) is 0. The maximum atomic E-state index is 8.90. The molecule has 0 aliphatic carbocycles. The molecule has 0 aliphatic rings. The first-order valence-corrected chi connectivity index (χ1v) is 5.02. The topological polar surface area (TPSA) is 54.5 Å². The van der Waals surface area contributed by atoms with Crippen LogP contribution in [0.4, 0.5) is 0 Å². The van der Waals surface area contributed by atoms with Crippen molar-refractivity contribution in [3.63, 3.8) is 0 Å². The van der Waals surface area contributed by atoms with Gasteiger partial charge in [0.1, 0.15) is 0 Å². The van der Waals surface area contributed by atoms with Gasteiger partial charge in [-0.2, -0.15) is 10.4 Å². The van der Waals surface area contributed by atoms with Gasteiger partial charge in [-0.3, -0.25) is 0 Å². The fourth-order valence-corrected chi connectivity index (χ4v) is 1.68. The monoisotopic (exact) mass is 212 g/mol. The molecule has 16 heavy (non-hydrogen) atoms. The summed E-state index contributed by atoms with van der Waals surface area (Å²) in [5.74, 6) is 0.696. The molecule has 0 unspecified atom stereocenters. The van der Waals surface area contributed by atoms with Crippen molar-refractivity contribution >= 4 is 0 Å². The summed E-state index contributed by atoms with van der Waals surface area (Å²) in [6.45, 7) is 5.77. The lowest BCUT2D eigenvalue weighted by Gasteiger charge is -2.04. The van der Waals surface area contributed by atoms with Gasteiger partial charge in [-0.15, -0.1) is 0 Å². The zero-order chi connectivity index (χ0) is 11.7. The summed E-state index contributed by atoms with van der Waals surface area (Å²) in [4.78, 5) is 4.38. The lowest BCUT2D eigenvalue weighted by molar-refractivity contribution is 0.801. The SMILES string of the molecule is Cc1cc(C#N)cc(-n2nc(C)cc2C)n1. The first kappa shape index (κ1) is 10.4. The highest BCUT2D eigenvalue weighted by Gasteiger charge is 2.06. The Kier molecular flexibility index (Phi) is 2.45. The van der Waals surface area contributed by atoms with Crippen LogP contribution in [0.2, 0.25) is 0 Å². The van der Waals surface area contributed by atoms with Gasteiger partial charge in [-0.1, -0.05) is 0 Å². The van der Waals surface area contributed by atoms with Crippen molar-refractivity contribution in [2.75, 3.05) is 0 Å². The minimum atomic E-state index is 0.607. The van der Waals surface area contributed by atoms with E-state index in [0.29, 0.717) is 11.4 Å². The van der Waals surface area contributed by atoms with Crippen molar-refractivity contribution in [2.45, 2.75) is 20.8 Å². The molecule has 0 fully saturated rings. The predicted octanol–water partition coefficient (Wildman–Crippen LogP) is 2.06. The molecule has 0 radical (unpaired) electrons. The summed E-state index contributed by atoms with van der Waals surface area (Å²) in [5.41, 5.74) is 3.38. The van der Waals surface area contributed by atoms with E-state index in [0.717, 1.165) is 17.1 Å². The fraction of sp³-hybridized carbons (Fsp3) is 0.250. The molecular formula is C12H12N4. The zero-order valence-electron chi connectivity index (χ0n) is 9.52. The molecule has 80 valence electrons. The van der Waals surface area contributed by atoms with E-state index in [4.69, 9.17) is 5.26 Å². The lowest BCUT2D eigenvalue weighted by atomic mass is 10.2. The normalized spacial score (nSPS) is 10.1. The van der Waals surface area contributed by atoms with Crippen LogP contribution in [-0.2, 0) is 0 Å². The number of aromatic nitrogens is 3. The van der Waals surface area contributed by atoms with Gasteiger partial charge < -0.3 is 0 Å². The van der Waals surface area contributed by atoms with Crippen LogP contribution in [0, 0.1) is 32.1 Å². The van der Waals surface area contributed by atoms with Crippen LogP contribution in [0.15, 0.2) is 18.2 Å². The van der Waals surface area contributed by atoms with E-state index in [2.05, 4.69) is 16.2 Å². The fourth-order valence-electron chi connectivity index (χ4n) is 1.68. The second-order valence-electron chi connectivity index (χ2n) is 3.81. The molecule has 0 aliphatic heterocycles. The van der Waals surface area contributed by atoms with E-state index in [9.17, 15) is 0 Å². The van der Waals surface area contributed by atoms with Crippen LogP contribution in [0.3, 0.4) is 0 Å².